The second kappa shape index (κ2) is 9.24. The van der Waals surface area contributed by atoms with E-state index in [1.807, 2.05) is 42.2 Å². The number of aromatic nitrogens is 4. The highest BCUT2D eigenvalue weighted by Crippen LogP contribution is 2.37. The highest BCUT2D eigenvalue weighted by molar-refractivity contribution is 5.92. The number of amides is 1. The monoisotopic (exact) mass is 420 g/mol. The van der Waals surface area contributed by atoms with Gasteiger partial charge in [-0.3, -0.25) is 9.78 Å². The van der Waals surface area contributed by atoms with Crippen LogP contribution < -0.4 is 4.90 Å². The van der Waals surface area contributed by atoms with Crippen molar-refractivity contribution < 1.29 is 9.32 Å². The van der Waals surface area contributed by atoms with Crippen molar-refractivity contribution in [1.29, 1.82) is 0 Å². The lowest BCUT2D eigenvalue weighted by atomic mass is 9.94. The third kappa shape index (κ3) is 4.42. The maximum Gasteiger partial charge on any atom is 0.276 e. The number of likely N-dealkylation sites (tertiary alicyclic amines) is 1. The van der Waals surface area contributed by atoms with Gasteiger partial charge in [-0.1, -0.05) is 12.1 Å². The van der Waals surface area contributed by atoms with Crippen LogP contribution in [-0.4, -0.2) is 51.6 Å². The zero-order valence-electron chi connectivity index (χ0n) is 18.3. The van der Waals surface area contributed by atoms with Crippen LogP contribution in [0.1, 0.15) is 60.6 Å². The Morgan fingerprint density at radius 3 is 2.81 bits per heavy atom. The topological polar surface area (TPSA) is 88.3 Å². The SMILES string of the molecule is CCCc1cc(C(=O)N2CCCC[C@@H]2c2nc(N(C)C)ncc2-c2ccncc2)no1. The molecule has 3 aromatic rings. The van der Waals surface area contributed by atoms with E-state index in [9.17, 15) is 4.79 Å². The van der Waals surface area contributed by atoms with Gasteiger partial charge in [-0.25, -0.2) is 9.97 Å². The Morgan fingerprint density at radius 1 is 1.26 bits per heavy atom. The first-order valence-corrected chi connectivity index (χ1v) is 10.8. The highest BCUT2D eigenvalue weighted by atomic mass is 16.5. The molecule has 8 heteroatoms. The quantitative estimate of drug-likeness (QED) is 0.597. The van der Waals surface area contributed by atoms with Crippen molar-refractivity contribution in [1.82, 2.24) is 25.0 Å². The van der Waals surface area contributed by atoms with Crippen LogP contribution in [0.5, 0.6) is 0 Å². The average molecular weight is 421 g/mol. The molecule has 4 rings (SSSR count). The van der Waals surface area contributed by atoms with Crippen LogP contribution in [0, 0.1) is 0 Å². The number of nitrogens with zero attached hydrogens (tertiary/aromatic N) is 6. The molecule has 31 heavy (non-hydrogen) atoms. The number of aryl methyl sites for hydroxylation is 1. The number of anilines is 1. The molecule has 3 aromatic heterocycles. The van der Waals surface area contributed by atoms with Crippen molar-refractivity contribution in [3.63, 3.8) is 0 Å². The number of rotatable bonds is 6. The van der Waals surface area contributed by atoms with Gasteiger partial charge in [0.25, 0.3) is 5.91 Å². The summed E-state index contributed by atoms with van der Waals surface area (Å²) < 4.78 is 5.36. The molecule has 0 spiro atoms. The average Bonchev–Trinajstić information content (AvgIpc) is 3.27. The lowest BCUT2D eigenvalue weighted by molar-refractivity contribution is 0.0596. The fourth-order valence-corrected chi connectivity index (χ4v) is 3.99. The van der Waals surface area contributed by atoms with Crippen molar-refractivity contribution in [2.75, 3.05) is 25.5 Å². The molecule has 162 valence electrons. The van der Waals surface area contributed by atoms with Gasteiger partial charge >= 0.3 is 0 Å². The van der Waals surface area contributed by atoms with Crippen LogP contribution >= 0.6 is 0 Å². The summed E-state index contributed by atoms with van der Waals surface area (Å²) in [6, 6.07) is 5.51. The van der Waals surface area contributed by atoms with Crippen LogP contribution in [0.3, 0.4) is 0 Å². The van der Waals surface area contributed by atoms with Crippen LogP contribution in [0.15, 0.2) is 41.3 Å². The third-order valence-corrected chi connectivity index (χ3v) is 5.55. The van der Waals surface area contributed by atoms with Gasteiger partial charge < -0.3 is 14.3 Å². The van der Waals surface area contributed by atoms with E-state index in [0.29, 0.717) is 18.2 Å². The number of carbonyl (C=O) groups is 1. The van der Waals surface area contributed by atoms with Crippen LogP contribution in [0.4, 0.5) is 5.95 Å². The maximum absolute atomic E-state index is 13.4. The summed E-state index contributed by atoms with van der Waals surface area (Å²) in [5.41, 5.74) is 3.13. The maximum atomic E-state index is 13.4. The predicted molar refractivity (Wildman–Crippen MR) is 118 cm³/mol. The number of piperidine rings is 1. The lowest BCUT2D eigenvalue weighted by Crippen LogP contribution is -2.39. The van der Waals surface area contributed by atoms with Crippen molar-refractivity contribution >= 4 is 11.9 Å². The van der Waals surface area contributed by atoms with Gasteiger partial charge in [-0.15, -0.1) is 0 Å². The minimum Gasteiger partial charge on any atom is -0.361 e. The molecule has 0 N–H and O–H groups in total. The second-order valence-corrected chi connectivity index (χ2v) is 8.04. The number of carbonyl (C=O) groups excluding carboxylic acids is 1. The molecule has 4 heterocycles. The smallest absolute Gasteiger partial charge is 0.276 e. The van der Waals surface area contributed by atoms with Gasteiger partial charge in [0.15, 0.2) is 5.69 Å². The molecule has 0 unspecified atom stereocenters. The van der Waals surface area contributed by atoms with E-state index in [2.05, 4.69) is 22.0 Å². The Balaban J connectivity index is 1.74. The first kappa shape index (κ1) is 21.0. The fraction of sp³-hybridized carbons (Fsp3) is 0.435. The van der Waals surface area contributed by atoms with Crippen molar-refractivity contribution in [2.45, 2.75) is 45.1 Å². The number of hydrogen-bond donors (Lipinski definition) is 0. The molecular formula is C23H28N6O2. The first-order chi connectivity index (χ1) is 15.1. The summed E-state index contributed by atoms with van der Waals surface area (Å²) >= 11 is 0. The van der Waals surface area contributed by atoms with Crippen LogP contribution in [-0.2, 0) is 6.42 Å². The summed E-state index contributed by atoms with van der Waals surface area (Å²) in [5, 5.41) is 4.05. The zero-order valence-corrected chi connectivity index (χ0v) is 18.3. The third-order valence-electron chi connectivity index (χ3n) is 5.55. The molecular weight excluding hydrogens is 392 g/mol. The van der Waals surface area contributed by atoms with Gasteiger partial charge in [0.1, 0.15) is 5.76 Å². The Bertz CT molecular complexity index is 1030. The lowest BCUT2D eigenvalue weighted by Gasteiger charge is -2.36. The fourth-order valence-electron chi connectivity index (χ4n) is 3.99. The Labute approximate surface area is 182 Å². The second-order valence-electron chi connectivity index (χ2n) is 8.04. The summed E-state index contributed by atoms with van der Waals surface area (Å²) in [6.07, 6.45) is 9.91. The molecule has 1 saturated heterocycles. The zero-order chi connectivity index (χ0) is 21.8. The molecule has 0 aromatic carbocycles. The van der Waals surface area contributed by atoms with Gasteiger partial charge in [-0.2, -0.15) is 0 Å². The number of hydrogen-bond acceptors (Lipinski definition) is 7. The molecule has 1 aliphatic heterocycles. The standard InChI is InChI=1S/C23H28N6O2/c1-4-7-17-14-19(27-31-17)22(30)29-13-6-5-8-20(29)21-18(16-9-11-24-12-10-16)15-25-23(26-21)28(2)3/h9-12,14-15,20H,4-8,13H2,1-3H3/t20-/m1/s1. The normalized spacial score (nSPS) is 16.4. The Kier molecular flexibility index (Phi) is 6.25. The summed E-state index contributed by atoms with van der Waals surface area (Å²) in [6.45, 7) is 2.74. The van der Waals surface area contributed by atoms with Gasteiger partial charge in [-0.05, 0) is 43.4 Å². The minimum atomic E-state index is -0.155. The van der Waals surface area contributed by atoms with Crippen molar-refractivity contribution in [3.8, 4) is 11.1 Å². The Hall–Kier alpha value is -3.29. The molecule has 0 bridgehead atoms. The van der Waals surface area contributed by atoms with Crippen molar-refractivity contribution in [3.05, 3.63) is 53.9 Å². The van der Waals surface area contributed by atoms with E-state index in [0.717, 1.165) is 54.7 Å². The van der Waals surface area contributed by atoms with Gasteiger partial charge in [0.2, 0.25) is 5.95 Å². The van der Waals surface area contributed by atoms with Crippen LogP contribution in [0.2, 0.25) is 0 Å². The Morgan fingerprint density at radius 2 is 2.06 bits per heavy atom. The van der Waals surface area contributed by atoms with Crippen LogP contribution in [0.25, 0.3) is 11.1 Å². The molecule has 8 nitrogen and oxygen atoms in total. The van der Waals surface area contributed by atoms with Crippen molar-refractivity contribution in [2.24, 2.45) is 0 Å². The molecule has 0 aliphatic carbocycles. The van der Waals surface area contributed by atoms with E-state index in [1.54, 1.807) is 18.5 Å². The van der Waals surface area contributed by atoms with Gasteiger partial charge in [0.05, 0.1) is 11.7 Å². The van der Waals surface area contributed by atoms with E-state index in [-0.39, 0.29) is 11.9 Å². The first-order valence-electron chi connectivity index (χ1n) is 10.8. The van der Waals surface area contributed by atoms with E-state index < -0.39 is 0 Å². The highest BCUT2D eigenvalue weighted by Gasteiger charge is 2.33. The van der Waals surface area contributed by atoms with E-state index in [1.165, 1.54) is 0 Å². The molecule has 1 fully saturated rings. The summed E-state index contributed by atoms with van der Waals surface area (Å²) in [5.74, 6) is 1.26. The largest absolute Gasteiger partial charge is 0.361 e. The molecule has 0 saturated carbocycles. The number of pyridine rings is 1. The molecule has 1 aliphatic rings. The molecule has 1 atom stereocenters. The summed E-state index contributed by atoms with van der Waals surface area (Å²) in [4.78, 5) is 30.7. The molecule has 0 radical (unpaired) electrons. The minimum absolute atomic E-state index is 0.110. The predicted octanol–water partition coefficient (Wildman–Crippen LogP) is 3.91. The summed E-state index contributed by atoms with van der Waals surface area (Å²) in [7, 11) is 3.83. The van der Waals surface area contributed by atoms with E-state index in [4.69, 9.17) is 9.51 Å². The van der Waals surface area contributed by atoms with E-state index >= 15 is 0 Å². The molecule has 1 amide bonds. The van der Waals surface area contributed by atoms with Gasteiger partial charge in [0, 0.05) is 57.3 Å².